The molecule has 0 aliphatic carbocycles. The van der Waals surface area contributed by atoms with E-state index in [1.165, 1.54) is 17.7 Å². The lowest BCUT2D eigenvalue weighted by Crippen LogP contribution is -2.16. The van der Waals surface area contributed by atoms with E-state index in [0.717, 1.165) is 0 Å². The Hall–Kier alpha value is -0.460. The SMILES string of the molecule is CC1=C(C)NC(C)C1. The molecule has 0 amide bonds. The average Bonchev–Trinajstić information content (AvgIpc) is 1.85. The van der Waals surface area contributed by atoms with Crippen molar-refractivity contribution in [2.75, 3.05) is 0 Å². The lowest BCUT2D eigenvalue weighted by Gasteiger charge is -2.01. The highest BCUT2D eigenvalue weighted by Gasteiger charge is 2.11. The molecular formula is C7H13N. The van der Waals surface area contributed by atoms with Crippen molar-refractivity contribution < 1.29 is 0 Å². The van der Waals surface area contributed by atoms with Gasteiger partial charge in [0.2, 0.25) is 0 Å². The van der Waals surface area contributed by atoms with E-state index >= 15 is 0 Å². The third kappa shape index (κ3) is 0.857. The monoisotopic (exact) mass is 111 g/mol. The molecule has 1 heteroatoms. The minimum atomic E-state index is 0.676. The van der Waals surface area contributed by atoms with Crippen LogP contribution in [0.4, 0.5) is 0 Å². The summed E-state index contributed by atoms with van der Waals surface area (Å²) in [7, 11) is 0. The predicted molar refractivity (Wildman–Crippen MR) is 35.6 cm³/mol. The molecule has 1 rings (SSSR count). The summed E-state index contributed by atoms with van der Waals surface area (Å²) in [5.74, 6) is 0. The highest BCUT2D eigenvalue weighted by Crippen LogP contribution is 2.15. The maximum absolute atomic E-state index is 3.35. The van der Waals surface area contributed by atoms with Crippen LogP contribution in [0.1, 0.15) is 27.2 Å². The Labute approximate surface area is 50.8 Å². The molecule has 8 heavy (non-hydrogen) atoms. The molecule has 1 heterocycles. The molecule has 46 valence electrons. The van der Waals surface area contributed by atoms with Crippen molar-refractivity contribution >= 4 is 0 Å². The van der Waals surface area contributed by atoms with Crippen LogP contribution in [0, 0.1) is 0 Å². The van der Waals surface area contributed by atoms with Gasteiger partial charge < -0.3 is 5.32 Å². The van der Waals surface area contributed by atoms with Crippen molar-refractivity contribution in [2.45, 2.75) is 33.2 Å². The molecule has 0 saturated heterocycles. The number of hydrogen-bond donors (Lipinski definition) is 1. The second-order valence-corrected chi connectivity index (χ2v) is 2.65. The fraction of sp³-hybridized carbons (Fsp3) is 0.714. The summed E-state index contributed by atoms with van der Waals surface area (Å²) in [5, 5.41) is 3.35. The van der Waals surface area contributed by atoms with Crippen LogP contribution in [0.25, 0.3) is 0 Å². The number of allylic oxidation sites excluding steroid dienone is 1. The van der Waals surface area contributed by atoms with Gasteiger partial charge in [-0.3, -0.25) is 0 Å². The molecule has 1 unspecified atom stereocenters. The summed E-state index contributed by atoms with van der Waals surface area (Å²) in [6.07, 6.45) is 1.23. The van der Waals surface area contributed by atoms with Crippen LogP contribution in [0.15, 0.2) is 11.3 Å². The van der Waals surface area contributed by atoms with Crippen LogP contribution in [-0.2, 0) is 0 Å². The first-order valence-electron chi connectivity index (χ1n) is 3.13. The lowest BCUT2D eigenvalue weighted by atomic mass is 10.2. The maximum atomic E-state index is 3.35. The van der Waals surface area contributed by atoms with Gasteiger partial charge in [-0.05, 0) is 27.2 Å². The van der Waals surface area contributed by atoms with E-state index in [1.807, 2.05) is 0 Å². The molecule has 0 radical (unpaired) electrons. The largest absolute Gasteiger partial charge is 0.386 e. The number of hydrogen-bond acceptors (Lipinski definition) is 1. The van der Waals surface area contributed by atoms with Crippen molar-refractivity contribution in [3.8, 4) is 0 Å². The first kappa shape index (κ1) is 5.67. The van der Waals surface area contributed by atoms with Gasteiger partial charge in [0.25, 0.3) is 0 Å². The van der Waals surface area contributed by atoms with Gasteiger partial charge >= 0.3 is 0 Å². The van der Waals surface area contributed by atoms with E-state index in [0.29, 0.717) is 6.04 Å². The minimum absolute atomic E-state index is 0.676. The average molecular weight is 111 g/mol. The van der Waals surface area contributed by atoms with E-state index in [1.54, 1.807) is 0 Å². The van der Waals surface area contributed by atoms with Crippen molar-refractivity contribution in [3.05, 3.63) is 11.3 Å². The maximum Gasteiger partial charge on any atom is 0.0267 e. The fourth-order valence-corrected chi connectivity index (χ4v) is 1.16. The molecule has 0 bridgehead atoms. The Balaban J connectivity index is 2.60. The lowest BCUT2D eigenvalue weighted by molar-refractivity contribution is 0.666. The highest BCUT2D eigenvalue weighted by molar-refractivity contribution is 5.15. The summed E-state index contributed by atoms with van der Waals surface area (Å²) < 4.78 is 0. The molecule has 0 aromatic carbocycles. The van der Waals surface area contributed by atoms with Crippen molar-refractivity contribution in [1.82, 2.24) is 5.32 Å². The molecule has 0 spiro atoms. The fourth-order valence-electron chi connectivity index (χ4n) is 1.16. The molecular weight excluding hydrogens is 98.1 g/mol. The predicted octanol–water partition coefficient (Wildman–Crippen LogP) is 1.66. The number of nitrogens with one attached hydrogen (secondary N) is 1. The molecule has 0 fully saturated rings. The van der Waals surface area contributed by atoms with Crippen LogP contribution >= 0.6 is 0 Å². The topological polar surface area (TPSA) is 12.0 Å². The van der Waals surface area contributed by atoms with Gasteiger partial charge in [-0.25, -0.2) is 0 Å². The molecule has 1 nitrogen and oxygen atoms in total. The molecule has 0 saturated carbocycles. The van der Waals surface area contributed by atoms with Gasteiger partial charge in [-0.1, -0.05) is 5.57 Å². The van der Waals surface area contributed by atoms with Gasteiger partial charge in [0, 0.05) is 11.7 Å². The Bertz CT molecular complexity index is 110. The highest BCUT2D eigenvalue weighted by atomic mass is 14.9. The number of rotatable bonds is 0. The quantitative estimate of drug-likeness (QED) is 0.501. The Morgan fingerprint density at radius 1 is 1.50 bits per heavy atom. The van der Waals surface area contributed by atoms with Crippen LogP contribution in [-0.4, -0.2) is 6.04 Å². The summed E-state index contributed by atoms with van der Waals surface area (Å²) in [5.41, 5.74) is 2.88. The molecule has 1 N–H and O–H groups in total. The zero-order valence-corrected chi connectivity index (χ0v) is 5.78. The molecule has 1 aliphatic rings. The minimum Gasteiger partial charge on any atom is -0.386 e. The van der Waals surface area contributed by atoms with Gasteiger partial charge in [0.1, 0.15) is 0 Å². The normalized spacial score (nSPS) is 28.6. The standard InChI is InChI=1S/C7H13N/c1-5-4-6(2)8-7(5)3/h6,8H,4H2,1-3H3. The van der Waals surface area contributed by atoms with Gasteiger partial charge in [0.15, 0.2) is 0 Å². The van der Waals surface area contributed by atoms with E-state index < -0.39 is 0 Å². The summed E-state index contributed by atoms with van der Waals surface area (Å²) >= 11 is 0. The Morgan fingerprint density at radius 2 is 2.12 bits per heavy atom. The van der Waals surface area contributed by atoms with Gasteiger partial charge in [-0.15, -0.1) is 0 Å². The van der Waals surface area contributed by atoms with Crippen LogP contribution in [0.2, 0.25) is 0 Å². The van der Waals surface area contributed by atoms with Crippen LogP contribution in [0.3, 0.4) is 0 Å². The van der Waals surface area contributed by atoms with Crippen LogP contribution < -0.4 is 5.32 Å². The Morgan fingerprint density at radius 3 is 2.25 bits per heavy atom. The van der Waals surface area contributed by atoms with E-state index in [4.69, 9.17) is 0 Å². The first-order chi connectivity index (χ1) is 3.70. The third-order valence-electron chi connectivity index (χ3n) is 1.72. The van der Waals surface area contributed by atoms with Crippen molar-refractivity contribution in [2.24, 2.45) is 0 Å². The van der Waals surface area contributed by atoms with Gasteiger partial charge in [-0.2, -0.15) is 0 Å². The van der Waals surface area contributed by atoms with Crippen LogP contribution in [0.5, 0.6) is 0 Å². The summed E-state index contributed by atoms with van der Waals surface area (Å²) in [6.45, 7) is 6.53. The van der Waals surface area contributed by atoms with Gasteiger partial charge in [0.05, 0.1) is 0 Å². The second kappa shape index (κ2) is 1.81. The summed E-state index contributed by atoms with van der Waals surface area (Å²) in [4.78, 5) is 0. The molecule has 0 aromatic heterocycles. The molecule has 0 aromatic rings. The zero-order chi connectivity index (χ0) is 6.15. The van der Waals surface area contributed by atoms with E-state index in [2.05, 4.69) is 26.1 Å². The van der Waals surface area contributed by atoms with Crippen molar-refractivity contribution in [1.29, 1.82) is 0 Å². The Kier molecular flexibility index (Phi) is 1.28. The second-order valence-electron chi connectivity index (χ2n) is 2.65. The first-order valence-corrected chi connectivity index (χ1v) is 3.13. The van der Waals surface area contributed by atoms with Crippen molar-refractivity contribution in [3.63, 3.8) is 0 Å². The smallest absolute Gasteiger partial charge is 0.0267 e. The van der Waals surface area contributed by atoms with E-state index in [9.17, 15) is 0 Å². The van der Waals surface area contributed by atoms with E-state index in [-0.39, 0.29) is 0 Å². The molecule has 1 atom stereocenters. The zero-order valence-electron chi connectivity index (χ0n) is 5.78. The molecule has 1 aliphatic heterocycles. The third-order valence-corrected chi connectivity index (χ3v) is 1.72. The summed E-state index contributed by atoms with van der Waals surface area (Å²) in [6, 6.07) is 0.676.